The normalized spacial score (nSPS) is 12.0. The Balaban J connectivity index is 3.68. The summed E-state index contributed by atoms with van der Waals surface area (Å²) in [6.45, 7) is 0.731. The molecular weight excluding hydrogens is 206 g/mol. The van der Waals surface area contributed by atoms with Crippen LogP contribution in [0, 0.1) is 0 Å². The number of hydrogen-bond acceptors (Lipinski definition) is 5. The summed E-state index contributed by atoms with van der Waals surface area (Å²) in [5.74, 6) is 1.03. The maximum absolute atomic E-state index is 5.38. The third-order valence-electron chi connectivity index (χ3n) is 1.70. The molecule has 0 fully saturated rings. The van der Waals surface area contributed by atoms with Gasteiger partial charge in [0.25, 0.3) is 0 Å². The molecule has 0 atom stereocenters. The van der Waals surface area contributed by atoms with Crippen molar-refractivity contribution in [1.29, 1.82) is 0 Å². The van der Waals surface area contributed by atoms with Crippen LogP contribution < -0.4 is 5.73 Å². The standard InChI is InChI=1S/C7H19NO3SSi/c1-9-13(10-2,11-3)7-12-6-4-5-8/h4-8H2,1-3H3. The second-order valence-corrected chi connectivity index (χ2v) is 7.05. The second-order valence-electron chi connectivity index (χ2n) is 2.49. The van der Waals surface area contributed by atoms with Crippen molar-refractivity contribution in [2.75, 3.05) is 39.0 Å². The average molecular weight is 225 g/mol. The van der Waals surface area contributed by atoms with Gasteiger partial charge in [-0.3, -0.25) is 0 Å². The Morgan fingerprint density at radius 1 is 1.15 bits per heavy atom. The summed E-state index contributed by atoms with van der Waals surface area (Å²) in [6, 6.07) is 0. The lowest BCUT2D eigenvalue weighted by atomic mass is 10.5. The summed E-state index contributed by atoms with van der Waals surface area (Å²) < 4.78 is 15.8. The van der Waals surface area contributed by atoms with Gasteiger partial charge in [0, 0.05) is 21.3 Å². The number of hydrogen-bond donors (Lipinski definition) is 1. The van der Waals surface area contributed by atoms with E-state index in [4.69, 9.17) is 19.0 Å². The van der Waals surface area contributed by atoms with Crippen LogP contribution >= 0.6 is 11.8 Å². The first-order valence-electron chi connectivity index (χ1n) is 4.18. The smallest absolute Gasteiger partial charge is 0.376 e. The molecule has 0 spiro atoms. The van der Waals surface area contributed by atoms with E-state index in [1.807, 2.05) is 0 Å². The van der Waals surface area contributed by atoms with E-state index in [1.165, 1.54) is 0 Å². The van der Waals surface area contributed by atoms with E-state index < -0.39 is 8.80 Å². The average Bonchev–Trinajstić information content (AvgIpc) is 2.20. The molecule has 4 nitrogen and oxygen atoms in total. The molecule has 0 aromatic rings. The van der Waals surface area contributed by atoms with Crippen LogP contribution in [-0.2, 0) is 13.3 Å². The van der Waals surface area contributed by atoms with E-state index in [9.17, 15) is 0 Å². The third kappa shape index (κ3) is 4.99. The van der Waals surface area contributed by atoms with E-state index in [1.54, 1.807) is 33.1 Å². The zero-order chi connectivity index (χ0) is 10.2. The van der Waals surface area contributed by atoms with Crippen molar-refractivity contribution in [2.24, 2.45) is 5.73 Å². The van der Waals surface area contributed by atoms with Gasteiger partial charge in [-0.2, -0.15) is 11.8 Å². The fraction of sp³-hybridized carbons (Fsp3) is 1.00. The monoisotopic (exact) mass is 225 g/mol. The van der Waals surface area contributed by atoms with E-state index in [0.717, 1.165) is 24.1 Å². The van der Waals surface area contributed by atoms with Crippen LogP contribution in [0.4, 0.5) is 0 Å². The van der Waals surface area contributed by atoms with Crippen LogP contribution in [0.1, 0.15) is 6.42 Å². The molecule has 2 N–H and O–H groups in total. The molecule has 0 radical (unpaired) electrons. The lowest BCUT2D eigenvalue weighted by Crippen LogP contribution is -2.46. The van der Waals surface area contributed by atoms with Crippen molar-refractivity contribution in [3.63, 3.8) is 0 Å². The van der Waals surface area contributed by atoms with Gasteiger partial charge in [-0.1, -0.05) is 0 Å². The first-order chi connectivity index (χ1) is 6.24. The Morgan fingerprint density at radius 2 is 1.69 bits per heavy atom. The minimum atomic E-state index is -2.35. The summed E-state index contributed by atoms with van der Waals surface area (Å²) in [7, 11) is 2.54. The molecule has 80 valence electrons. The van der Waals surface area contributed by atoms with Gasteiger partial charge in [0.2, 0.25) is 0 Å². The summed E-state index contributed by atoms with van der Waals surface area (Å²) in [5, 5.41) is 0.788. The lowest BCUT2D eigenvalue weighted by molar-refractivity contribution is 0.130. The summed E-state index contributed by atoms with van der Waals surface area (Å²) in [5.41, 5.74) is 5.38. The van der Waals surface area contributed by atoms with Gasteiger partial charge >= 0.3 is 8.80 Å². The zero-order valence-corrected chi connectivity index (χ0v) is 10.4. The predicted octanol–water partition coefficient (Wildman–Crippen LogP) is 0.486. The first-order valence-corrected chi connectivity index (χ1v) is 7.26. The Hall–Kier alpha value is 0.407. The Bertz CT molecular complexity index is 116. The molecule has 0 aromatic heterocycles. The molecule has 0 unspecified atom stereocenters. The fourth-order valence-electron chi connectivity index (χ4n) is 0.809. The third-order valence-corrected chi connectivity index (χ3v) is 6.38. The van der Waals surface area contributed by atoms with Crippen molar-refractivity contribution < 1.29 is 13.3 Å². The van der Waals surface area contributed by atoms with Crippen LogP contribution in [0.25, 0.3) is 0 Å². The molecule has 13 heavy (non-hydrogen) atoms. The van der Waals surface area contributed by atoms with Gasteiger partial charge < -0.3 is 19.0 Å². The number of nitrogens with two attached hydrogens (primary N) is 1. The molecule has 0 rings (SSSR count). The highest BCUT2D eigenvalue weighted by molar-refractivity contribution is 8.00. The van der Waals surface area contributed by atoms with E-state index in [-0.39, 0.29) is 0 Å². The minimum absolute atomic E-state index is 0.731. The zero-order valence-electron chi connectivity index (χ0n) is 8.54. The topological polar surface area (TPSA) is 53.7 Å². The van der Waals surface area contributed by atoms with Gasteiger partial charge in [0.15, 0.2) is 0 Å². The van der Waals surface area contributed by atoms with Crippen LogP contribution in [0.5, 0.6) is 0 Å². The van der Waals surface area contributed by atoms with Gasteiger partial charge in [-0.05, 0) is 18.7 Å². The molecule has 0 saturated carbocycles. The van der Waals surface area contributed by atoms with Crippen LogP contribution in [0.2, 0.25) is 0 Å². The minimum Gasteiger partial charge on any atom is -0.376 e. The maximum Gasteiger partial charge on any atom is 0.510 e. The summed E-state index contributed by atoms with van der Waals surface area (Å²) >= 11 is 1.77. The largest absolute Gasteiger partial charge is 0.510 e. The predicted molar refractivity (Wildman–Crippen MR) is 57.8 cm³/mol. The number of rotatable bonds is 8. The second kappa shape index (κ2) is 7.78. The van der Waals surface area contributed by atoms with Gasteiger partial charge in [0.05, 0.1) is 5.38 Å². The molecule has 0 aromatic carbocycles. The summed E-state index contributed by atoms with van der Waals surface area (Å²) in [6.07, 6.45) is 1.02. The van der Waals surface area contributed by atoms with Crippen LogP contribution in [-0.4, -0.2) is 47.8 Å². The highest BCUT2D eigenvalue weighted by atomic mass is 32.2. The molecule has 0 amide bonds. The van der Waals surface area contributed by atoms with Crippen molar-refractivity contribution in [1.82, 2.24) is 0 Å². The van der Waals surface area contributed by atoms with E-state index in [2.05, 4.69) is 0 Å². The molecule has 0 saturated heterocycles. The summed E-state index contributed by atoms with van der Waals surface area (Å²) in [4.78, 5) is 0. The maximum atomic E-state index is 5.38. The Kier molecular flexibility index (Phi) is 8.02. The first kappa shape index (κ1) is 13.4. The van der Waals surface area contributed by atoms with E-state index in [0.29, 0.717) is 0 Å². The molecule has 0 heterocycles. The Morgan fingerprint density at radius 3 is 2.08 bits per heavy atom. The highest BCUT2D eigenvalue weighted by Crippen LogP contribution is 2.14. The van der Waals surface area contributed by atoms with Gasteiger partial charge in [0.1, 0.15) is 0 Å². The lowest BCUT2D eigenvalue weighted by Gasteiger charge is -2.23. The van der Waals surface area contributed by atoms with Crippen molar-refractivity contribution in [3.05, 3.63) is 0 Å². The molecule has 0 aliphatic rings. The Labute approximate surface area is 85.5 Å². The fourth-order valence-corrected chi connectivity index (χ4v) is 4.67. The molecular formula is C7H19NO3SSi. The van der Waals surface area contributed by atoms with E-state index >= 15 is 0 Å². The molecule has 6 heteroatoms. The van der Waals surface area contributed by atoms with Crippen LogP contribution in [0.15, 0.2) is 0 Å². The van der Waals surface area contributed by atoms with Gasteiger partial charge in [-0.25, -0.2) is 0 Å². The molecule has 0 aliphatic heterocycles. The molecule has 0 bridgehead atoms. The van der Waals surface area contributed by atoms with Crippen molar-refractivity contribution in [3.8, 4) is 0 Å². The molecule has 0 aliphatic carbocycles. The highest BCUT2D eigenvalue weighted by Gasteiger charge is 2.37. The van der Waals surface area contributed by atoms with Crippen molar-refractivity contribution >= 4 is 20.6 Å². The van der Waals surface area contributed by atoms with Crippen molar-refractivity contribution in [2.45, 2.75) is 6.42 Å². The quantitative estimate of drug-likeness (QED) is 0.481. The van der Waals surface area contributed by atoms with Crippen LogP contribution in [0.3, 0.4) is 0 Å². The number of thioether (sulfide) groups is 1. The van der Waals surface area contributed by atoms with Gasteiger partial charge in [-0.15, -0.1) is 0 Å². The SMILES string of the molecule is CO[Si](CSCCCN)(OC)OC.